The van der Waals surface area contributed by atoms with E-state index in [-0.39, 0.29) is 24.8 Å². The van der Waals surface area contributed by atoms with Crippen LogP contribution >= 0.6 is 0 Å². The molecule has 1 saturated carbocycles. The van der Waals surface area contributed by atoms with Gasteiger partial charge in [0.25, 0.3) is 0 Å². The quantitative estimate of drug-likeness (QED) is 0.343. The van der Waals surface area contributed by atoms with E-state index in [1.807, 2.05) is 12.2 Å². The Balaban J connectivity index is 0.000000252. The molecule has 0 aromatic heterocycles. The Hall–Kier alpha value is -0.916. The molecule has 0 aliphatic heterocycles. The number of aryl methyl sites for hydroxylation is 2. The number of fused-ring (bicyclic) bond motifs is 3. The number of allylic oxidation sites excluding steroid dienone is 4. The Labute approximate surface area is 200 Å². The van der Waals surface area contributed by atoms with E-state index in [2.05, 4.69) is 82.4 Å². The zero-order chi connectivity index (χ0) is 19.1. The molecule has 0 atom stereocenters. The summed E-state index contributed by atoms with van der Waals surface area (Å²) in [4.78, 5) is 0. The summed E-state index contributed by atoms with van der Waals surface area (Å²) in [7, 11) is 0. The summed E-state index contributed by atoms with van der Waals surface area (Å²) in [5.74, 6) is 0. The van der Waals surface area contributed by atoms with Crippen LogP contribution in [0.2, 0.25) is 0 Å². The standard InChI is InChI=1S/C15H13.C6H10.C5H5.2ClH.Ti/c1-10-3-5-12-9-13-6-4-11(2)8-15(13)14(12)7-10;1-2-4-6-5-3-1;1-2-4-5-3-1;;;/h3-5,7-8H,9H2,1-2H3;1-5H2;1-3H,4H2;2*1H;/q-1;;-1;;;+2/p-2. The summed E-state index contributed by atoms with van der Waals surface area (Å²) in [5, 5.41) is 0. The minimum atomic E-state index is 0. The van der Waals surface area contributed by atoms with Gasteiger partial charge in [0.05, 0.1) is 0 Å². The van der Waals surface area contributed by atoms with Crippen molar-refractivity contribution in [1.29, 1.82) is 0 Å². The Kier molecular flexibility index (Phi) is 12.1. The summed E-state index contributed by atoms with van der Waals surface area (Å²) < 4.78 is 1.71. The van der Waals surface area contributed by atoms with Gasteiger partial charge in [-0.3, -0.25) is 6.08 Å². The first kappa shape index (κ1) is 26.1. The first-order valence-corrected chi connectivity index (χ1v) is 10.8. The van der Waals surface area contributed by atoms with Crippen molar-refractivity contribution in [1.82, 2.24) is 0 Å². The maximum atomic E-state index is 3.38. The summed E-state index contributed by atoms with van der Waals surface area (Å²) in [6.45, 7) is 4.28. The van der Waals surface area contributed by atoms with Crippen molar-refractivity contribution < 1.29 is 44.8 Å². The molecule has 1 fully saturated rings. The molecule has 5 rings (SSSR count). The predicted octanol–water partition coefficient (Wildman–Crippen LogP) is 0.658. The summed E-state index contributed by atoms with van der Waals surface area (Å²) in [6.07, 6.45) is 18.2. The van der Waals surface area contributed by atoms with Crippen LogP contribution in [-0.4, -0.2) is 3.81 Å². The molecule has 0 spiro atoms. The SMILES string of the molecule is Cc1c[c-]c2c(c1)-c1cc(C)ccc1C2.[C-]1=CC=CC1.[Cl-].[Cl-].[Ti+2]=[C]1CCCCC1. The average Bonchev–Trinajstić information content (AvgIpc) is 3.35. The molecule has 0 radical (unpaired) electrons. The summed E-state index contributed by atoms with van der Waals surface area (Å²) >= 11 is 2.28. The minimum absolute atomic E-state index is 0. The Morgan fingerprint density at radius 1 is 0.897 bits per heavy atom. The van der Waals surface area contributed by atoms with Gasteiger partial charge in [-0.2, -0.15) is 35.4 Å². The molecule has 29 heavy (non-hydrogen) atoms. The zero-order valence-electron chi connectivity index (χ0n) is 17.3. The molecule has 0 heterocycles. The van der Waals surface area contributed by atoms with Crippen LogP contribution in [0.5, 0.6) is 0 Å². The second-order valence-electron chi connectivity index (χ2n) is 7.57. The molecule has 0 nitrogen and oxygen atoms in total. The fourth-order valence-electron chi connectivity index (χ4n) is 3.63. The molecule has 0 N–H and O–H groups in total. The van der Waals surface area contributed by atoms with Gasteiger partial charge in [0.2, 0.25) is 0 Å². The van der Waals surface area contributed by atoms with Crippen LogP contribution in [0.3, 0.4) is 0 Å². The molecule has 0 unspecified atom stereocenters. The van der Waals surface area contributed by atoms with Crippen LogP contribution in [0.4, 0.5) is 0 Å². The van der Waals surface area contributed by atoms with Crippen LogP contribution in [-0.2, 0) is 26.4 Å². The molecular formula is C26H28Cl2Ti-2. The summed E-state index contributed by atoms with van der Waals surface area (Å²) in [6, 6.07) is 14.5. The first-order valence-electron chi connectivity index (χ1n) is 10.0. The van der Waals surface area contributed by atoms with Gasteiger partial charge in [-0.05, 0) is 13.3 Å². The van der Waals surface area contributed by atoms with Gasteiger partial charge in [-0.15, -0.1) is 12.0 Å². The Bertz CT molecular complexity index is 798. The fourth-order valence-corrected chi connectivity index (χ4v) is 4.18. The van der Waals surface area contributed by atoms with E-state index < -0.39 is 0 Å². The van der Waals surface area contributed by atoms with E-state index in [1.54, 1.807) is 3.81 Å². The van der Waals surface area contributed by atoms with Crippen molar-refractivity contribution in [3.8, 4) is 11.1 Å². The normalized spacial score (nSPS) is 15.0. The van der Waals surface area contributed by atoms with Crippen molar-refractivity contribution in [3.63, 3.8) is 0 Å². The molecule has 0 amide bonds. The predicted molar refractivity (Wildman–Crippen MR) is 113 cm³/mol. The van der Waals surface area contributed by atoms with E-state index in [1.165, 1.54) is 65.5 Å². The van der Waals surface area contributed by atoms with E-state index in [4.69, 9.17) is 0 Å². The van der Waals surface area contributed by atoms with Crippen molar-refractivity contribution in [2.45, 2.75) is 58.8 Å². The second-order valence-corrected chi connectivity index (χ2v) is 8.68. The Morgan fingerprint density at radius 3 is 2.17 bits per heavy atom. The number of hydrogen-bond donors (Lipinski definition) is 0. The number of rotatable bonds is 0. The van der Waals surface area contributed by atoms with Gasteiger partial charge in [-0.1, -0.05) is 41.8 Å². The van der Waals surface area contributed by atoms with Crippen molar-refractivity contribution >= 4 is 3.81 Å². The van der Waals surface area contributed by atoms with Crippen molar-refractivity contribution in [3.05, 3.63) is 83.0 Å². The number of halogens is 2. The molecule has 152 valence electrons. The molecule has 0 bridgehead atoms. The van der Waals surface area contributed by atoms with Crippen LogP contribution in [0.1, 0.15) is 60.8 Å². The van der Waals surface area contributed by atoms with Crippen molar-refractivity contribution in [2.75, 3.05) is 0 Å². The molecule has 3 heteroatoms. The van der Waals surface area contributed by atoms with Gasteiger partial charge in [0, 0.05) is 0 Å². The third kappa shape index (κ3) is 8.02. The van der Waals surface area contributed by atoms with Crippen LogP contribution in [0.25, 0.3) is 11.1 Å². The monoisotopic (exact) mass is 458 g/mol. The fraction of sp³-hybridized carbons (Fsp3) is 0.346. The number of hydrogen-bond acceptors (Lipinski definition) is 0. The van der Waals surface area contributed by atoms with Crippen LogP contribution in [0.15, 0.2) is 48.6 Å². The summed E-state index contributed by atoms with van der Waals surface area (Å²) in [5.41, 5.74) is 8.21. The van der Waals surface area contributed by atoms with E-state index >= 15 is 0 Å². The molecule has 2 aromatic carbocycles. The van der Waals surface area contributed by atoms with Gasteiger partial charge < -0.3 is 24.8 Å². The molecular weight excluding hydrogens is 431 g/mol. The molecule has 2 aromatic rings. The van der Waals surface area contributed by atoms with E-state index in [9.17, 15) is 0 Å². The molecule has 3 aliphatic carbocycles. The molecule has 3 aliphatic rings. The second kappa shape index (κ2) is 13.4. The first-order chi connectivity index (χ1) is 13.1. The number of benzene rings is 2. The van der Waals surface area contributed by atoms with E-state index in [0.29, 0.717) is 0 Å². The van der Waals surface area contributed by atoms with Gasteiger partial charge in [-0.25, -0.2) is 12.2 Å². The van der Waals surface area contributed by atoms with Crippen LogP contribution in [0, 0.1) is 26.0 Å². The maximum absolute atomic E-state index is 3.38. The third-order valence-electron chi connectivity index (χ3n) is 5.14. The van der Waals surface area contributed by atoms with Gasteiger partial charge in [0.1, 0.15) is 0 Å². The van der Waals surface area contributed by atoms with E-state index in [0.717, 1.165) is 12.8 Å². The molecule has 0 saturated heterocycles. The Morgan fingerprint density at radius 2 is 1.62 bits per heavy atom. The average molecular weight is 459 g/mol. The van der Waals surface area contributed by atoms with Crippen molar-refractivity contribution in [2.24, 2.45) is 0 Å². The van der Waals surface area contributed by atoms with Gasteiger partial charge in [0.15, 0.2) is 0 Å². The topological polar surface area (TPSA) is 0 Å². The van der Waals surface area contributed by atoms with Crippen LogP contribution < -0.4 is 24.8 Å². The van der Waals surface area contributed by atoms with Gasteiger partial charge >= 0.3 is 55.9 Å². The third-order valence-corrected chi connectivity index (χ3v) is 5.92. The zero-order valence-corrected chi connectivity index (χ0v) is 20.4.